The molecule has 2 nitrogen and oxygen atoms in total. The lowest BCUT2D eigenvalue weighted by Crippen LogP contribution is -2.35. The Morgan fingerprint density at radius 1 is 1.29 bits per heavy atom. The van der Waals surface area contributed by atoms with E-state index in [0.717, 1.165) is 18.4 Å². The Labute approximate surface area is 88.4 Å². The van der Waals surface area contributed by atoms with Crippen LogP contribution in [-0.4, -0.2) is 26.8 Å². The highest BCUT2D eigenvalue weighted by Crippen LogP contribution is 2.36. The van der Waals surface area contributed by atoms with Crippen molar-refractivity contribution in [3.63, 3.8) is 0 Å². The predicted octanol–water partition coefficient (Wildman–Crippen LogP) is 2.44. The summed E-state index contributed by atoms with van der Waals surface area (Å²) < 4.78 is 5.08. The molecule has 0 amide bonds. The van der Waals surface area contributed by atoms with Crippen LogP contribution in [0, 0.1) is 11.8 Å². The number of nitrogens with one attached hydrogen (secondary N) is 1. The normalized spacial score (nSPS) is 26.1. The molecule has 0 aromatic rings. The minimum absolute atomic E-state index is 0.936. The first kappa shape index (κ1) is 12.0. The van der Waals surface area contributed by atoms with Crippen molar-refractivity contribution < 1.29 is 4.74 Å². The monoisotopic (exact) mass is 199 g/mol. The molecule has 0 bridgehead atoms. The molecule has 1 rings (SSSR count). The molecule has 0 heterocycles. The Hall–Kier alpha value is -0.0800. The van der Waals surface area contributed by atoms with Gasteiger partial charge in [0, 0.05) is 13.7 Å². The molecular weight excluding hydrogens is 174 g/mol. The van der Waals surface area contributed by atoms with E-state index in [4.69, 9.17) is 4.74 Å². The van der Waals surface area contributed by atoms with Crippen LogP contribution < -0.4 is 5.32 Å². The summed E-state index contributed by atoms with van der Waals surface area (Å²) in [6.07, 6.45) is 6.75. The zero-order chi connectivity index (χ0) is 10.2. The van der Waals surface area contributed by atoms with E-state index < -0.39 is 0 Å². The molecule has 0 aromatic heterocycles. The molecule has 0 spiro atoms. The van der Waals surface area contributed by atoms with Crippen molar-refractivity contribution in [2.75, 3.05) is 26.8 Å². The Kier molecular flexibility index (Phi) is 6.20. The molecule has 1 saturated carbocycles. The summed E-state index contributed by atoms with van der Waals surface area (Å²) in [5.74, 6) is 1.94. The van der Waals surface area contributed by atoms with Gasteiger partial charge < -0.3 is 10.1 Å². The van der Waals surface area contributed by atoms with Crippen molar-refractivity contribution in [1.29, 1.82) is 0 Å². The molecule has 1 aliphatic rings. The fourth-order valence-corrected chi connectivity index (χ4v) is 2.24. The highest BCUT2D eigenvalue weighted by Gasteiger charge is 2.29. The van der Waals surface area contributed by atoms with Crippen molar-refractivity contribution in [3.05, 3.63) is 0 Å². The SMILES string of the molecule is CCCNCC1CCC1CCCOC. The van der Waals surface area contributed by atoms with Gasteiger partial charge in [0.05, 0.1) is 0 Å². The van der Waals surface area contributed by atoms with Gasteiger partial charge in [-0.15, -0.1) is 0 Å². The highest BCUT2D eigenvalue weighted by atomic mass is 16.5. The maximum Gasteiger partial charge on any atom is 0.0462 e. The fourth-order valence-electron chi connectivity index (χ4n) is 2.24. The van der Waals surface area contributed by atoms with E-state index >= 15 is 0 Å². The highest BCUT2D eigenvalue weighted by molar-refractivity contribution is 4.82. The lowest BCUT2D eigenvalue weighted by atomic mass is 9.71. The van der Waals surface area contributed by atoms with Crippen molar-refractivity contribution in [2.45, 2.75) is 39.0 Å². The van der Waals surface area contributed by atoms with Gasteiger partial charge in [0.15, 0.2) is 0 Å². The summed E-state index contributed by atoms with van der Waals surface area (Å²) in [6, 6.07) is 0. The van der Waals surface area contributed by atoms with Crippen molar-refractivity contribution >= 4 is 0 Å². The van der Waals surface area contributed by atoms with E-state index in [0.29, 0.717) is 0 Å². The maximum absolute atomic E-state index is 5.08. The Morgan fingerprint density at radius 2 is 2.07 bits per heavy atom. The van der Waals surface area contributed by atoms with Gasteiger partial charge in [0.25, 0.3) is 0 Å². The fraction of sp³-hybridized carbons (Fsp3) is 1.00. The zero-order valence-corrected chi connectivity index (χ0v) is 9.72. The van der Waals surface area contributed by atoms with Crippen LogP contribution in [0.25, 0.3) is 0 Å². The van der Waals surface area contributed by atoms with E-state index in [-0.39, 0.29) is 0 Å². The number of hydrogen-bond acceptors (Lipinski definition) is 2. The average Bonchev–Trinajstić information content (AvgIpc) is 2.17. The maximum atomic E-state index is 5.08. The number of rotatable bonds is 8. The van der Waals surface area contributed by atoms with Gasteiger partial charge in [-0.25, -0.2) is 0 Å². The van der Waals surface area contributed by atoms with Crippen LogP contribution in [0.4, 0.5) is 0 Å². The van der Waals surface area contributed by atoms with Gasteiger partial charge in [-0.1, -0.05) is 6.92 Å². The minimum Gasteiger partial charge on any atom is -0.385 e. The molecule has 84 valence electrons. The van der Waals surface area contributed by atoms with Crippen LogP contribution in [0.5, 0.6) is 0 Å². The first-order valence-electron chi connectivity index (χ1n) is 6.08. The van der Waals surface area contributed by atoms with Crippen LogP contribution in [0.2, 0.25) is 0 Å². The van der Waals surface area contributed by atoms with Crippen LogP contribution in [0.3, 0.4) is 0 Å². The van der Waals surface area contributed by atoms with Crippen LogP contribution in [0.15, 0.2) is 0 Å². The Morgan fingerprint density at radius 3 is 2.64 bits per heavy atom. The lowest BCUT2D eigenvalue weighted by Gasteiger charge is -2.37. The second-order valence-corrected chi connectivity index (χ2v) is 4.44. The molecule has 1 N–H and O–H groups in total. The third kappa shape index (κ3) is 3.97. The Bertz CT molecular complexity index is 122. The van der Waals surface area contributed by atoms with Gasteiger partial charge in [-0.3, -0.25) is 0 Å². The van der Waals surface area contributed by atoms with E-state index in [9.17, 15) is 0 Å². The predicted molar refractivity (Wildman–Crippen MR) is 60.5 cm³/mol. The van der Waals surface area contributed by atoms with Gasteiger partial charge in [-0.05, 0) is 57.0 Å². The third-order valence-corrected chi connectivity index (χ3v) is 3.33. The van der Waals surface area contributed by atoms with E-state index in [2.05, 4.69) is 12.2 Å². The number of methoxy groups -OCH3 is 1. The van der Waals surface area contributed by atoms with Gasteiger partial charge in [0.2, 0.25) is 0 Å². The summed E-state index contributed by atoms with van der Waals surface area (Å²) in [6.45, 7) is 5.59. The topological polar surface area (TPSA) is 21.3 Å². The van der Waals surface area contributed by atoms with Gasteiger partial charge in [0.1, 0.15) is 0 Å². The molecule has 14 heavy (non-hydrogen) atoms. The molecule has 1 aliphatic carbocycles. The number of hydrogen-bond donors (Lipinski definition) is 1. The Balaban J connectivity index is 1.97. The second kappa shape index (κ2) is 7.24. The molecule has 2 unspecified atom stereocenters. The molecule has 0 saturated heterocycles. The zero-order valence-electron chi connectivity index (χ0n) is 9.72. The van der Waals surface area contributed by atoms with Crippen LogP contribution in [0.1, 0.15) is 39.0 Å². The molecule has 1 fully saturated rings. The standard InChI is InChI=1S/C12H25NO/c1-3-8-13-10-12-7-6-11(12)5-4-9-14-2/h11-13H,3-10H2,1-2H3. The summed E-state index contributed by atoms with van der Waals surface area (Å²) in [4.78, 5) is 0. The van der Waals surface area contributed by atoms with Crippen molar-refractivity contribution in [1.82, 2.24) is 5.32 Å². The van der Waals surface area contributed by atoms with E-state index in [1.807, 2.05) is 0 Å². The molecular formula is C12H25NO. The molecule has 0 radical (unpaired) electrons. The first-order valence-corrected chi connectivity index (χ1v) is 6.08. The minimum atomic E-state index is 0.936. The largest absolute Gasteiger partial charge is 0.385 e. The second-order valence-electron chi connectivity index (χ2n) is 4.44. The first-order chi connectivity index (χ1) is 6.88. The summed E-state index contributed by atoms with van der Waals surface area (Å²) >= 11 is 0. The van der Waals surface area contributed by atoms with Crippen LogP contribution >= 0.6 is 0 Å². The molecule has 0 aliphatic heterocycles. The molecule has 2 atom stereocenters. The summed E-state index contributed by atoms with van der Waals surface area (Å²) in [7, 11) is 1.79. The van der Waals surface area contributed by atoms with E-state index in [1.165, 1.54) is 45.2 Å². The summed E-state index contributed by atoms with van der Waals surface area (Å²) in [5, 5.41) is 3.53. The third-order valence-electron chi connectivity index (χ3n) is 3.33. The lowest BCUT2D eigenvalue weighted by molar-refractivity contribution is 0.132. The molecule has 2 heteroatoms. The number of ether oxygens (including phenoxy) is 1. The summed E-state index contributed by atoms with van der Waals surface area (Å²) in [5.41, 5.74) is 0. The van der Waals surface area contributed by atoms with Crippen molar-refractivity contribution in [3.8, 4) is 0 Å². The molecule has 0 aromatic carbocycles. The smallest absolute Gasteiger partial charge is 0.0462 e. The quantitative estimate of drug-likeness (QED) is 0.606. The van der Waals surface area contributed by atoms with E-state index in [1.54, 1.807) is 7.11 Å². The van der Waals surface area contributed by atoms with Crippen molar-refractivity contribution in [2.24, 2.45) is 11.8 Å². The van der Waals surface area contributed by atoms with Gasteiger partial charge in [-0.2, -0.15) is 0 Å². The average molecular weight is 199 g/mol. The van der Waals surface area contributed by atoms with Gasteiger partial charge >= 0.3 is 0 Å². The van der Waals surface area contributed by atoms with Crippen LogP contribution in [-0.2, 0) is 4.74 Å².